The van der Waals surface area contributed by atoms with E-state index < -0.39 is 0 Å². The van der Waals surface area contributed by atoms with E-state index in [1.807, 2.05) is 0 Å². The molecular weight excluding hydrogens is 268 g/mol. The zero-order valence-corrected chi connectivity index (χ0v) is 11.8. The zero-order chi connectivity index (χ0) is 14.7. The molecule has 3 rings (SSSR count). The molecule has 0 radical (unpaired) electrons. The molecule has 2 fully saturated rings. The smallest absolute Gasteiger partial charge is 0.249 e. The number of piperidine rings is 1. The molecule has 2 aliphatic rings. The van der Waals surface area contributed by atoms with Crippen molar-refractivity contribution >= 4 is 5.91 Å². The Morgan fingerprint density at radius 2 is 2.19 bits per heavy atom. The minimum Gasteiger partial charge on any atom is -0.317 e. The summed E-state index contributed by atoms with van der Waals surface area (Å²) in [5, 5.41) is 13.7. The molecule has 6 heteroatoms. The standard InChI is InChI=1S/C15H18N4O2/c16-8-11-7-13(10-18-9-11)14-3-6-21-19(14)15(20)12-1-4-17-5-2-12/h7,9-10,12,14,17H,1-6H2/t14-/m0/s1. The highest BCUT2D eigenvalue weighted by molar-refractivity contribution is 5.78. The molecule has 1 atom stereocenters. The number of hydroxylamine groups is 2. The molecule has 0 saturated carbocycles. The Hall–Kier alpha value is -1.97. The molecule has 21 heavy (non-hydrogen) atoms. The number of carbonyl (C=O) groups excluding carboxylic acids is 1. The third-order valence-electron chi connectivity index (χ3n) is 4.08. The Morgan fingerprint density at radius 3 is 2.95 bits per heavy atom. The Morgan fingerprint density at radius 1 is 1.38 bits per heavy atom. The largest absolute Gasteiger partial charge is 0.317 e. The summed E-state index contributed by atoms with van der Waals surface area (Å²) in [4.78, 5) is 22.3. The van der Waals surface area contributed by atoms with Crippen molar-refractivity contribution in [1.29, 1.82) is 5.26 Å². The van der Waals surface area contributed by atoms with Gasteiger partial charge in [-0.1, -0.05) is 0 Å². The van der Waals surface area contributed by atoms with Gasteiger partial charge in [-0.25, -0.2) is 5.06 Å². The van der Waals surface area contributed by atoms with Crippen molar-refractivity contribution in [2.45, 2.75) is 25.3 Å². The fourth-order valence-electron chi connectivity index (χ4n) is 2.94. The van der Waals surface area contributed by atoms with Gasteiger partial charge in [0.05, 0.1) is 18.2 Å². The van der Waals surface area contributed by atoms with Gasteiger partial charge in [0.25, 0.3) is 0 Å². The summed E-state index contributed by atoms with van der Waals surface area (Å²) >= 11 is 0. The van der Waals surface area contributed by atoms with Gasteiger partial charge in [0, 0.05) is 24.7 Å². The Balaban J connectivity index is 1.78. The minimum absolute atomic E-state index is 0.0268. The van der Waals surface area contributed by atoms with Gasteiger partial charge in [0.2, 0.25) is 5.91 Å². The SMILES string of the molecule is N#Cc1cncc([C@@H]2CCON2C(=O)C2CCNCC2)c1. The number of amides is 1. The molecule has 1 amide bonds. The van der Waals surface area contributed by atoms with Crippen molar-refractivity contribution in [3.63, 3.8) is 0 Å². The normalized spacial score (nSPS) is 23.0. The lowest BCUT2D eigenvalue weighted by atomic mass is 9.96. The van der Waals surface area contributed by atoms with Gasteiger partial charge in [-0.05, 0) is 37.6 Å². The highest BCUT2D eigenvalue weighted by Crippen LogP contribution is 2.32. The van der Waals surface area contributed by atoms with Crippen LogP contribution in [0, 0.1) is 17.2 Å². The van der Waals surface area contributed by atoms with Crippen LogP contribution in [0.15, 0.2) is 18.5 Å². The third-order valence-corrected chi connectivity index (χ3v) is 4.08. The monoisotopic (exact) mass is 286 g/mol. The van der Waals surface area contributed by atoms with Gasteiger partial charge in [0.15, 0.2) is 0 Å². The number of pyridine rings is 1. The van der Waals surface area contributed by atoms with Gasteiger partial charge in [-0.15, -0.1) is 0 Å². The number of carbonyl (C=O) groups is 1. The van der Waals surface area contributed by atoms with Gasteiger partial charge < -0.3 is 5.32 Å². The Bertz CT molecular complexity index is 563. The summed E-state index contributed by atoms with van der Waals surface area (Å²) < 4.78 is 0. The first-order chi connectivity index (χ1) is 10.3. The molecule has 1 aromatic heterocycles. The zero-order valence-electron chi connectivity index (χ0n) is 11.8. The molecule has 2 aliphatic heterocycles. The first-order valence-corrected chi connectivity index (χ1v) is 7.31. The van der Waals surface area contributed by atoms with Crippen LogP contribution in [0.4, 0.5) is 0 Å². The van der Waals surface area contributed by atoms with Gasteiger partial charge in [-0.2, -0.15) is 5.26 Å². The van der Waals surface area contributed by atoms with Crippen LogP contribution in [0.3, 0.4) is 0 Å². The quantitative estimate of drug-likeness (QED) is 0.882. The number of rotatable bonds is 2. The van der Waals surface area contributed by atoms with E-state index in [0.29, 0.717) is 12.2 Å². The second kappa shape index (κ2) is 6.20. The van der Waals surface area contributed by atoms with Gasteiger partial charge >= 0.3 is 0 Å². The summed E-state index contributed by atoms with van der Waals surface area (Å²) in [6.07, 6.45) is 5.68. The van der Waals surface area contributed by atoms with Crippen LogP contribution in [0.2, 0.25) is 0 Å². The molecule has 0 spiro atoms. The maximum absolute atomic E-state index is 12.6. The van der Waals surface area contributed by atoms with E-state index in [-0.39, 0.29) is 17.9 Å². The van der Waals surface area contributed by atoms with E-state index >= 15 is 0 Å². The first-order valence-electron chi connectivity index (χ1n) is 7.31. The van der Waals surface area contributed by atoms with E-state index in [1.54, 1.807) is 12.3 Å². The van der Waals surface area contributed by atoms with Gasteiger partial charge in [0.1, 0.15) is 6.07 Å². The lowest BCUT2D eigenvalue weighted by molar-refractivity contribution is -0.182. The van der Waals surface area contributed by atoms with E-state index in [0.717, 1.165) is 37.9 Å². The highest BCUT2D eigenvalue weighted by atomic mass is 16.7. The second-order valence-corrected chi connectivity index (χ2v) is 5.44. The first kappa shape index (κ1) is 14.0. The van der Waals surface area contributed by atoms with Crippen molar-refractivity contribution in [1.82, 2.24) is 15.4 Å². The molecule has 6 nitrogen and oxygen atoms in total. The fourth-order valence-corrected chi connectivity index (χ4v) is 2.94. The van der Waals surface area contributed by atoms with Crippen LogP contribution in [0.5, 0.6) is 0 Å². The van der Waals surface area contributed by atoms with E-state index in [2.05, 4.69) is 16.4 Å². The maximum atomic E-state index is 12.6. The molecular formula is C15H18N4O2. The molecule has 0 aliphatic carbocycles. The predicted octanol–water partition coefficient (Wildman–Crippen LogP) is 1.16. The van der Waals surface area contributed by atoms with Crippen LogP contribution >= 0.6 is 0 Å². The van der Waals surface area contributed by atoms with Crippen LogP contribution < -0.4 is 5.32 Å². The highest BCUT2D eigenvalue weighted by Gasteiger charge is 2.36. The summed E-state index contributed by atoms with van der Waals surface area (Å²) in [5.74, 6) is 0.0836. The van der Waals surface area contributed by atoms with Crippen molar-refractivity contribution in [2.75, 3.05) is 19.7 Å². The maximum Gasteiger partial charge on any atom is 0.249 e. The van der Waals surface area contributed by atoms with Crippen LogP contribution in [-0.2, 0) is 9.63 Å². The van der Waals surface area contributed by atoms with Crippen LogP contribution in [-0.4, -0.2) is 35.7 Å². The summed E-state index contributed by atoms with van der Waals surface area (Å²) in [6.45, 7) is 2.28. The number of hydrogen-bond donors (Lipinski definition) is 1. The van der Waals surface area contributed by atoms with E-state index in [4.69, 9.17) is 10.1 Å². The number of aromatic nitrogens is 1. The number of hydrogen-bond acceptors (Lipinski definition) is 5. The number of nitrogens with one attached hydrogen (secondary N) is 1. The molecule has 0 unspecified atom stereocenters. The van der Waals surface area contributed by atoms with Crippen molar-refractivity contribution in [3.8, 4) is 6.07 Å². The minimum atomic E-state index is -0.131. The molecule has 0 bridgehead atoms. The van der Waals surface area contributed by atoms with Crippen molar-refractivity contribution in [2.24, 2.45) is 5.92 Å². The fraction of sp³-hybridized carbons (Fsp3) is 0.533. The molecule has 2 saturated heterocycles. The third kappa shape index (κ3) is 2.89. The van der Waals surface area contributed by atoms with E-state index in [9.17, 15) is 4.79 Å². The lowest BCUT2D eigenvalue weighted by Gasteiger charge is -2.29. The summed E-state index contributed by atoms with van der Waals surface area (Å²) in [5.41, 5.74) is 1.38. The van der Waals surface area contributed by atoms with Crippen molar-refractivity contribution < 1.29 is 9.63 Å². The lowest BCUT2D eigenvalue weighted by Crippen LogP contribution is -2.40. The Kier molecular flexibility index (Phi) is 4.13. The number of nitriles is 1. The van der Waals surface area contributed by atoms with Crippen LogP contribution in [0.25, 0.3) is 0 Å². The van der Waals surface area contributed by atoms with E-state index in [1.165, 1.54) is 11.3 Å². The number of nitrogens with zero attached hydrogens (tertiary/aromatic N) is 3. The predicted molar refractivity (Wildman–Crippen MR) is 74.7 cm³/mol. The molecule has 1 aromatic rings. The average Bonchev–Trinajstić information content (AvgIpc) is 3.04. The summed E-state index contributed by atoms with van der Waals surface area (Å²) in [7, 11) is 0. The second-order valence-electron chi connectivity index (χ2n) is 5.44. The molecule has 0 aromatic carbocycles. The van der Waals surface area contributed by atoms with Crippen molar-refractivity contribution in [3.05, 3.63) is 29.6 Å². The summed E-state index contributed by atoms with van der Waals surface area (Å²) in [6, 6.07) is 3.74. The van der Waals surface area contributed by atoms with Crippen LogP contribution in [0.1, 0.15) is 36.4 Å². The molecule has 110 valence electrons. The Labute approximate surface area is 123 Å². The van der Waals surface area contributed by atoms with Gasteiger partial charge in [-0.3, -0.25) is 14.6 Å². The average molecular weight is 286 g/mol. The molecule has 3 heterocycles. The molecule has 1 N–H and O–H groups in total. The topological polar surface area (TPSA) is 78.2 Å².